The van der Waals surface area contributed by atoms with Crippen molar-refractivity contribution in [3.63, 3.8) is 0 Å². The van der Waals surface area contributed by atoms with Gasteiger partial charge in [-0.15, -0.1) is 11.3 Å². The summed E-state index contributed by atoms with van der Waals surface area (Å²) in [7, 11) is 3.00. The molecule has 1 aliphatic heterocycles. The van der Waals surface area contributed by atoms with E-state index in [1.165, 1.54) is 22.1 Å². The molecule has 114 valence electrons. The van der Waals surface area contributed by atoms with Gasteiger partial charge in [0.2, 0.25) is 0 Å². The van der Waals surface area contributed by atoms with Crippen LogP contribution in [0.15, 0.2) is 21.0 Å². The molecule has 22 heavy (non-hydrogen) atoms. The number of nitrogens with zero attached hydrogens (tertiary/aromatic N) is 4. The zero-order valence-corrected chi connectivity index (χ0v) is 13.5. The molecule has 0 bridgehead atoms. The molecule has 0 saturated heterocycles. The molecular formula is C15H16N4O2S. The fraction of sp³-hybridized carbons (Fsp3) is 0.400. The van der Waals surface area contributed by atoms with Crippen molar-refractivity contribution in [1.29, 1.82) is 5.26 Å². The molecule has 2 aromatic rings. The van der Waals surface area contributed by atoms with Gasteiger partial charge in [-0.25, -0.2) is 4.79 Å². The number of thiophene rings is 1. The number of fused-ring (bicyclic) bond motifs is 1. The standard InChI is InChI=1S/C15H16N4O2S/c1-9-10-5-7-22-12(10)4-6-19(9)13-11(8-16)14(20)18(3)15(21)17(13)2/h5,7,9H,4,6H2,1-3H3/t9-/m1/s1. The summed E-state index contributed by atoms with van der Waals surface area (Å²) in [5.74, 6) is 0.417. The van der Waals surface area contributed by atoms with Gasteiger partial charge in [-0.2, -0.15) is 5.26 Å². The Balaban J connectivity index is 2.24. The molecule has 0 aromatic carbocycles. The Bertz CT molecular complexity index is 900. The van der Waals surface area contributed by atoms with E-state index >= 15 is 0 Å². The lowest BCUT2D eigenvalue weighted by atomic mass is 10.0. The lowest BCUT2D eigenvalue weighted by Gasteiger charge is -2.36. The second-order valence-electron chi connectivity index (χ2n) is 5.43. The molecule has 7 heteroatoms. The summed E-state index contributed by atoms with van der Waals surface area (Å²) >= 11 is 1.72. The van der Waals surface area contributed by atoms with E-state index in [1.54, 1.807) is 18.4 Å². The highest BCUT2D eigenvalue weighted by Gasteiger charge is 2.29. The molecule has 0 aliphatic carbocycles. The summed E-state index contributed by atoms with van der Waals surface area (Å²) in [5.41, 5.74) is 0.273. The summed E-state index contributed by atoms with van der Waals surface area (Å²) in [6, 6.07) is 4.08. The van der Waals surface area contributed by atoms with Crippen LogP contribution in [0, 0.1) is 11.3 Å². The van der Waals surface area contributed by atoms with E-state index in [0.717, 1.165) is 11.0 Å². The van der Waals surface area contributed by atoms with Gasteiger partial charge >= 0.3 is 5.69 Å². The number of aromatic nitrogens is 2. The van der Waals surface area contributed by atoms with Crippen molar-refractivity contribution in [3.8, 4) is 6.07 Å². The average Bonchev–Trinajstić information content (AvgIpc) is 2.99. The van der Waals surface area contributed by atoms with Gasteiger partial charge in [-0.1, -0.05) is 0 Å². The monoisotopic (exact) mass is 316 g/mol. The van der Waals surface area contributed by atoms with Crippen LogP contribution < -0.4 is 16.1 Å². The predicted molar refractivity (Wildman–Crippen MR) is 85.4 cm³/mol. The minimum absolute atomic E-state index is 0.0233. The largest absolute Gasteiger partial charge is 0.349 e. The molecule has 1 atom stereocenters. The van der Waals surface area contributed by atoms with Crippen LogP contribution in [-0.4, -0.2) is 15.7 Å². The van der Waals surface area contributed by atoms with Crippen molar-refractivity contribution in [2.75, 3.05) is 11.4 Å². The first-order valence-electron chi connectivity index (χ1n) is 7.00. The molecule has 0 N–H and O–H groups in total. The fourth-order valence-corrected chi connectivity index (χ4v) is 4.03. The van der Waals surface area contributed by atoms with E-state index in [-0.39, 0.29) is 11.6 Å². The maximum absolute atomic E-state index is 12.2. The molecule has 0 amide bonds. The van der Waals surface area contributed by atoms with E-state index in [2.05, 4.69) is 11.4 Å². The quantitative estimate of drug-likeness (QED) is 0.791. The Hall–Kier alpha value is -2.33. The molecule has 0 unspecified atom stereocenters. The average molecular weight is 316 g/mol. The highest BCUT2D eigenvalue weighted by molar-refractivity contribution is 7.10. The van der Waals surface area contributed by atoms with Crippen molar-refractivity contribution in [3.05, 3.63) is 48.3 Å². The first-order chi connectivity index (χ1) is 10.5. The summed E-state index contributed by atoms with van der Waals surface area (Å²) in [4.78, 5) is 27.8. The minimum Gasteiger partial charge on any atom is -0.349 e. The first kappa shape index (κ1) is 14.6. The molecular weight excluding hydrogens is 300 g/mol. The summed E-state index contributed by atoms with van der Waals surface area (Å²) in [6.45, 7) is 2.72. The van der Waals surface area contributed by atoms with E-state index in [9.17, 15) is 14.9 Å². The summed E-state index contributed by atoms with van der Waals surface area (Å²) < 4.78 is 2.38. The topological polar surface area (TPSA) is 71.0 Å². The highest BCUT2D eigenvalue weighted by Crippen LogP contribution is 2.36. The Morgan fingerprint density at radius 2 is 2.05 bits per heavy atom. The summed E-state index contributed by atoms with van der Waals surface area (Å²) in [6.07, 6.45) is 0.853. The van der Waals surface area contributed by atoms with Crippen LogP contribution in [0.25, 0.3) is 0 Å². The molecule has 0 saturated carbocycles. The van der Waals surface area contributed by atoms with Gasteiger partial charge in [-0.05, 0) is 30.4 Å². The van der Waals surface area contributed by atoms with Crippen LogP contribution in [-0.2, 0) is 20.5 Å². The third kappa shape index (κ3) is 1.91. The Morgan fingerprint density at radius 1 is 1.32 bits per heavy atom. The minimum atomic E-state index is -0.538. The third-order valence-electron chi connectivity index (χ3n) is 4.29. The van der Waals surface area contributed by atoms with Gasteiger partial charge in [0.15, 0.2) is 5.56 Å². The van der Waals surface area contributed by atoms with Gasteiger partial charge in [0.1, 0.15) is 11.9 Å². The van der Waals surface area contributed by atoms with Gasteiger partial charge in [0.05, 0.1) is 6.04 Å². The zero-order chi connectivity index (χ0) is 16.0. The predicted octanol–water partition coefficient (Wildman–Crippen LogP) is 1.14. The lowest BCUT2D eigenvalue weighted by Crippen LogP contribution is -2.44. The SMILES string of the molecule is C[C@@H]1c2ccsc2CCN1c1c(C#N)c(=O)n(C)c(=O)n1C. The van der Waals surface area contributed by atoms with Gasteiger partial charge in [0, 0.05) is 25.5 Å². The van der Waals surface area contributed by atoms with E-state index in [1.807, 2.05) is 17.9 Å². The van der Waals surface area contributed by atoms with Crippen molar-refractivity contribution >= 4 is 17.2 Å². The molecule has 6 nitrogen and oxygen atoms in total. The van der Waals surface area contributed by atoms with Crippen molar-refractivity contribution in [1.82, 2.24) is 9.13 Å². The van der Waals surface area contributed by atoms with E-state index in [0.29, 0.717) is 12.4 Å². The number of nitriles is 1. The van der Waals surface area contributed by atoms with Crippen LogP contribution in [0.2, 0.25) is 0 Å². The second kappa shape index (κ2) is 5.14. The van der Waals surface area contributed by atoms with Gasteiger partial charge < -0.3 is 4.90 Å². The van der Waals surface area contributed by atoms with Crippen LogP contribution >= 0.6 is 11.3 Å². The second-order valence-corrected chi connectivity index (χ2v) is 6.44. The van der Waals surface area contributed by atoms with E-state index < -0.39 is 11.2 Å². The molecule has 3 heterocycles. The van der Waals surface area contributed by atoms with Crippen LogP contribution in [0.5, 0.6) is 0 Å². The molecule has 0 spiro atoms. The molecule has 1 aliphatic rings. The molecule has 3 rings (SSSR count). The zero-order valence-electron chi connectivity index (χ0n) is 12.7. The van der Waals surface area contributed by atoms with Crippen molar-refractivity contribution < 1.29 is 0 Å². The number of hydrogen-bond donors (Lipinski definition) is 0. The first-order valence-corrected chi connectivity index (χ1v) is 7.88. The summed E-state index contributed by atoms with van der Waals surface area (Å²) in [5, 5.41) is 11.5. The normalized spacial score (nSPS) is 17.2. The maximum Gasteiger partial charge on any atom is 0.332 e. The van der Waals surface area contributed by atoms with Gasteiger partial charge in [-0.3, -0.25) is 13.9 Å². The fourth-order valence-electron chi connectivity index (χ4n) is 3.07. The number of anilines is 1. The molecule has 0 fully saturated rings. The van der Waals surface area contributed by atoms with Crippen LogP contribution in [0.1, 0.15) is 29.0 Å². The van der Waals surface area contributed by atoms with Crippen molar-refractivity contribution in [2.24, 2.45) is 14.1 Å². The Morgan fingerprint density at radius 3 is 2.73 bits per heavy atom. The maximum atomic E-state index is 12.2. The van der Waals surface area contributed by atoms with E-state index in [4.69, 9.17) is 0 Å². The Kier molecular flexibility index (Phi) is 3.41. The third-order valence-corrected chi connectivity index (χ3v) is 5.29. The molecule has 2 aromatic heterocycles. The number of rotatable bonds is 1. The smallest absolute Gasteiger partial charge is 0.332 e. The van der Waals surface area contributed by atoms with Crippen LogP contribution in [0.4, 0.5) is 5.82 Å². The highest BCUT2D eigenvalue weighted by atomic mass is 32.1. The lowest BCUT2D eigenvalue weighted by molar-refractivity contribution is 0.586. The van der Waals surface area contributed by atoms with Crippen molar-refractivity contribution in [2.45, 2.75) is 19.4 Å². The van der Waals surface area contributed by atoms with Gasteiger partial charge in [0.25, 0.3) is 5.56 Å². The van der Waals surface area contributed by atoms with Crippen LogP contribution in [0.3, 0.4) is 0 Å². The Labute approximate surface area is 131 Å². The number of hydrogen-bond acceptors (Lipinski definition) is 5. The molecule has 0 radical (unpaired) electrons.